The maximum absolute atomic E-state index is 13.4. The van der Waals surface area contributed by atoms with Gasteiger partial charge in [-0.3, -0.25) is 4.79 Å². The Morgan fingerprint density at radius 3 is 2.74 bits per heavy atom. The smallest absolute Gasteiger partial charge is 0.240 e. The van der Waals surface area contributed by atoms with Crippen molar-refractivity contribution in [2.45, 2.75) is 26.2 Å². The van der Waals surface area contributed by atoms with Crippen LogP contribution in [0.5, 0.6) is 11.5 Å². The molecule has 5 nitrogen and oxygen atoms in total. The Labute approximate surface area is 166 Å². The topological polar surface area (TPSA) is 70.9 Å². The van der Waals surface area contributed by atoms with Gasteiger partial charge in [0.15, 0.2) is 0 Å². The van der Waals surface area contributed by atoms with Gasteiger partial charge in [-0.05, 0) is 49.2 Å². The van der Waals surface area contributed by atoms with E-state index in [1.54, 1.807) is 25.1 Å². The molecule has 0 aromatic heterocycles. The number of phenols is 1. The number of hydrazone groups is 1. The second-order valence-electron chi connectivity index (χ2n) is 5.64. The largest absolute Gasteiger partial charge is 0.507 e. The summed E-state index contributed by atoms with van der Waals surface area (Å²) >= 11 is 11.8. The van der Waals surface area contributed by atoms with E-state index in [1.807, 2.05) is 0 Å². The Morgan fingerprint density at radius 2 is 2.04 bits per heavy atom. The molecule has 2 rings (SSSR count). The molecule has 0 unspecified atom stereocenters. The quantitative estimate of drug-likeness (QED) is 0.366. The molecule has 0 fully saturated rings. The van der Waals surface area contributed by atoms with Crippen molar-refractivity contribution in [1.82, 2.24) is 5.43 Å². The van der Waals surface area contributed by atoms with E-state index in [0.29, 0.717) is 41.0 Å². The van der Waals surface area contributed by atoms with Gasteiger partial charge in [0.05, 0.1) is 17.3 Å². The van der Waals surface area contributed by atoms with Crippen molar-refractivity contribution in [1.29, 1.82) is 0 Å². The van der Waals surface area contributed by atoms with Crippen LogP contribution in [0.1, 0.15) is 31.7 Å². The van der Waals surface area contributed by atoms with E-state index in [4.69, 9.17) is 27.9 Å². The van der Waals surface area contributed by atoms with E-state index in [2.05, 4.69) is 10.5 Å². The third kappa shape index (κ3) is 6.41. The van der Waals surface area contributed by atoms with Gasteiger partial charge in [-0.1, -0.05) is 30.1 Å². The number of amides is 1. The van der Waals surface area contributed by atoms with Gasteiger partial charge in [0.1, 0.15) is 17.3 Å². The molecule has 0 saturated heterocycles. The van der Waals surface area contributed by atoms with Gasteiger partial charge in [-0.15, -0.1) is 0 Å². The molecule has 2 aromatic carbocycles. The van der Waals surface area contributed by atoms with E-state index in [0.717, 1.165) is 6.07 Å². The first kappa shape index (κ1) is 21.0. The van der Waals surface area contributed by atoms with Crippen molar-refractivity contribution in [2.75, 3.05) is 6.61 Å². The predicted molar refractivity (Wildman–Crippen MR) is 104 cm³/mol. The standard InChI is InChI=1S/C19H19Cl2FN2O3/c1-2-16(14-11-13(22)6-7-17(14)25)23-24-19(26)4-3-9-27-18-8-5-12(20)10-15(18)21/h5-8,10-11,25H,2-4,9H2,1H3,(H,24,26). The van der Waals surface area contributed by atoms with Crippen LogP contribution in [0, 0.1) is 5.82 Å². The highest BCUT2D eigenvalue weighted by Gasteiger charge is 2.10. The minimum absolute atomic E-state index is 0.0977. The molecule has 0 atom stereocenters. The number of hydrogen-bond donors (Lipinski definition) is 2. The van der Waals surface area contributed by atoms with Crippen molar-refractivity contribution < 1.29 is 19.0 Å². The summed E-state index contributed by atoms with van der Waals surface area (Å²) in [6.45, 7) is 2.09. The molecule has 144 valence electrons. The second-order valence-corrected chi connectivity index (χ2v) is 6.48. The van der Waals surface area contributed by atoms with Crippen LogP contribution >= 0.6 is 23.2 Å². The van der Waals surface area contributed by atoms with Crippen LogP contribution in [-0.4, -0.2) is 23.3 Å². The molecule has 2 aromatic rings. The summed E-state index contributed by atoms with van der Waals surface area (Å²) < 4.78 is 18.9. The summed E-state index contributed by atoms with van der Waals surface area (Å²) in [4.78, 5) is 11.9. The van der Waals surface area contributed by atoms with Crippen molar-refractivity contribution >= 4 is 34.8 Å². The second kappa shape index (κ2) is 10.1. The lowest BCUT2D eigenvalue weighted by Gasteiger charge is -2.09. The Kier molecular flexibility index (Phi) is 7.88. The molecular weight excluding hydrogens is 394 g/mol. The van der Waals surface area contributed by atoms with E-state index in [1.165, 1.54) is 12.1 Å². The highest BCUT2D eigenvalue weighted by Crippen LogP contribution is 2.27. The average Bonchev–Trinajstić information content (AvgIpc) is 2.63. The fourth-order valence-corrected chi connectivity index (χ4v) is 2.73. The van der Waals surface area contributed by atoms with Crippen LogP contribution in [0.2, 0.25) is 10.0 Å². The zero-order valence-corrected chi connectivity index (χ0v) is 16.1. The Bertz CT molecular complexity index is 844. The molecule has 27 heavy (non-hydrogen) atoms. The SMILES string of the molecule is CCC(=NNC(=O)CCCOc1ccc(Cl)cc1Cl)c1cc(F)ccc1O. The molecule has 0 saturated carbocycles. The molecule has 0 radical (unpaired) electrons. The third-order valence-electron chi connectivity index (χ3n) is 3.62. The number of carbonyl (C=O) groups excluding carboxylic acids is 1. The van der Waals surface area contributed by atoms with Crippen LogP contribution in [0.25, 0.3) is 0 Å². The van der Waals surface area contributed by atoms with Gasteiger partial charge in [0.25, 0.3) is 0 Å². The molecule has 0 aliphatic rings. The van der Waals surface area contributed by atoms with Crippen LogP contribution in [0.4, 0.5) is 4.39 Å². The van der Waals surface area contributed by atoms with Crippen LogP contribution < -0.4 is 10.2 Å². The number of benzene rings is 2. The molecule has 0 aliphatic heterocycles. The van der Waals surface area contributed by atoms with Crippen LogP contribution in [-0.2, 0) is 4.79 Å². The lowest BCUT2D eigenvalue weighted by atomic mass is 10.1. The maximum Gasteiger partial charge on any atom is 0.240 e. The molecule has 1 amide bonds. The minimum Gasteiger partial charge on any atom is -0.507 e. The molecular formula is C19H19Cl2FN2O3. The summed E-state index contributed by atoms with van der Waals surface area (Å²) in [7, 11) is 0. The van der Waals surface area contributed by atoms with Crippen LogP contribution in [0.3, 0.4) is 0 Å². The van der Waals surface area contributed by atoms with Crippen molar-refractivity contribution in [2.24, 2.45) is 5.10 Å². The Hall–Kier alpha value is -2.31. The molecule has 8 heteroatoms. The molecule has 0 bridgehead atoms. The van der Waals surface area contributed by atoms with Gasteiger partial charge in [0.2, 0.25) is 5.91 Å². The van der Waals surface area contributed by atoms with Gasteiger partial charge < -0.3 is 9.84 Å². The van der Waals surface area contributed by atoms with Crippen molar-refractivity contribution in [3.05, 3.63) is 57.8 Å². The van der Waals surface area contributed by atoms with Gasteiger partial charge in [-0.2, -0.15) is 5.10 Å². The lowest BCUT2D eigenvalue weighted by molar-refractivity contribution is -0.121. The first-order valence-electron chi connectivity index (χ1n) is 8.32. The monoisotopic (exact) mass is 412 g/mol. The number of phenolic OH excluding ortho intramolecular Hbond substituents is 1. The summed E-state index contributed by atoms with van der Waals surface area (Å²) in [5.74, 6) is -0.412. The number of ether oxygens (including phenoxy) is 1. The summed E-state index contributed by atoms with van der Waals surface area (Å²) in [6, 6.07) is 8.47. The summed E-state index contributed by atoms with van der Waals surface area (Å²) in [5.41, 5.74) is 3.04. The van der Waals surface area contributed by atoms with Crippen molar-refractivity contribution in [3.8, 4) is 11.5 Å². The number of rotatable bonds is 8. The lowest BCUT2D eigenvalue weighted by Crippen LogP contribution is -2.20. The van der Waals surface area contributed by atoms with Crippen molar-refractivity contribution in [3.63, 3.8) is 0 Å². The number of aromatic hydroxyl groups is 1. The van der Waals surface area contributed by atoms with Gasteiger partial charge >= 0.3 is 0 Å². The van der Waals surface area contributed by atoms with E-state index < -0.39 is 5.82 Å². The van der Waals surface area contributed by atoms with Gasteiger partial charge in [-0.25, -0.2) is 9.82 Å². The first-order valence-corrected chi connectivity index (χ1v) is 9.08. The molecule has 0 heterocycles. The highest BCUT2D eigenvalue weighted by molar-refractivity contribution is 6.35. The minimum atomic E-state index is -0.492. The molecule has 2 N–H and O–H groups in total. The zero-order chi connectivity index (χ0) is 19.8. The zero-order valence-electron chi connectivity index (χ0n) is 14.6. The summed E-state index contributed by atoms with van der Waals surface area (Å²) in [6.07, 6.45) is 1.04. The Morgan fingerprint density at radius 1 is 1.26 bits per heavy atom. The van der Waals surface area contributed by atoms with Gasteiger partial charge in [0, 0.05) is 17.0 Å². The Balaban J connectivity index is 1.84. The van der Waals surface area contributed by atoms with Crippen LogP contribution in [0.15, 0.2) is 41.5 Å². The summed E-state index contributed by atoms with van der Waals surface area (Å²) in [5, 5.41) is 14.7. The van der Waals surface area contributed by atoms with E-state index in [-0.39, 0.29) is 23.6 Å². The normalized spacial score (nSPS) is 11.3. The fraction of sp³-hybridized carbons (Fsp3) is 0.263. The first-order chi connectivity index (χ1) is 12.9. The maximum atomic E-state index is 13.4. The molecule has 0 spiro atoms. The number of nitrogens with zero attached hydrogens (tertiary/aromatic N) is 1. The number of nitrogens with one attached hydrogen (secondary N) is 1. The number of carbonyl (C=O) groups is 1. The fourth-order valence-electron chi connectivity index (χ4n) is 2.26. The highest BCUT2D eigenvalue weighted by atomic mass is 35.5. The number of hydrogen-bond acceptors (Lipinski definition) is 4. The predicted octanol–water partition coefficient (Wildman–Crippen LogP) is 4.93. The van der Waals surface area contributed by atoms with E-state index >= 15 is 0 Å². The average molecular weight is 413 g/mol. The third-order valence-corrected chi connectivity index (χ3v) is 4.15. The van der Waals surface area contributed by atoms with E-state index in [9.17, 15) is 14.3 Å². The molecule has 0 aliphatic carbocycles. The number of halogens is 3.